The number of carbonyl (C=O) groups is 2. The molecule has 4 heteroatoms. The second-order valence-corrected chi connectivity index (χ2v) is 2.17. The molecule has 0 aliphatic carbocycles. The lowest BCUT2D eigenvalue weighted by molar-refractivity contribution is -0.133. The molecular formula is C8H10O4. The van der Waals surface area contributed by atoms with Gasteiger partial charge in [0.25, 0.3) is 0 Å². The van der Waals surface area contributed by atoms with Gasteiger partial charge < -0.3 is 10.2 Å². The lowest BCUT2D eigenvalue weighted by Gasteiger charge is -1.88. The van der Waals surface area contributed by atoms with E-state index in [2.05, 4.69) is 0 Å². The Morgan fingerprint density at radius 2 is 1.92 bits per heavy atom. The normalized spacial score (nSPS) is 11.9. The largest absolute Gasteiger partial charge is 0.478 e. The van der Waals surface area contributed by atoms with Crippen molar-refractivity contribution in [3.05, 3.63) is 23.8 Å². The summed E-state index contributed by atoms with van der Waals surface area (Å²) in [6.45, 7) is 1.46. The highest BCUT2D eigenvalue weighted by atomic mass is 16.4. The molecule has 0 rings (SSSR count). The monoisotopic (exact) mass is 170 g/mol. The number of carboxylic acid groups (broad SMARTS) is 2. The number of allylic oxidation sites excluding steroid dienone is 2. The van der Waals surface area contributed by atoms with E-state index >= 15 is 0 Å². The van der Waals surface area contributed by atoms with Crippen LogP contribution in [0.25, 0.3) is 0 Å². The maximum atomic E-state index is 10.2. The average molecular weight is 170 g/mol. The summed E-state index contributed by atoms with van der Waals surface area (Å²) in [5.41, 5.74) is 0.213. The molecule has 0 bridgehead atoms. The Balaban J connectivity index is 3.90. The third-order valence-corrected chi connectivity index (χ3v) is 1.16. The molecule has 0 radical (unpaired) electrons. The van der Waals surface area contributed by atoms with E-state index in [-0.39, 0.29) is 5.57 Å². The molecule has 0 unspecified atom stereocenters. The fraction of sp³-hybridized carbons (Fsp3) is 0.250. The van der Waals surface area contributed by atoms with Crippen molar-refractivity contribution in [3.8, 4) is 0 Å². The average Bonchev–Trinajstić information content (AvgIpc) is 1.97. The fourth-order valence-electron chi connectivity index (χ4n) is 0.501. The Labute approximate surface area is 69.8 Å². The molecule has 0 aliphatic rings. The van der Waals surface area contributed by atoms with Gasteiger partial charge in [-0.1, -0.05) is 12.2 Å². The summed E-state index contributed by atoms with van der Waals surface area (Å²) in [6, 6.07) is 0. The van der Waals surface area contributed by atoms with Gasteiger partial charge in [0.1, 0.15) is 0 Å². The molecule has 0 fully saturated rings. The van der Waals surface area contributed by atoms with Crippen LogP contribution in [0.15, 0.2) is 23.8 Å². The molecule has 12 heavy (non-hydrogen) atoms. The van der Waals surface area contributed by atoms with E-state index in [9.17, 15) is 9.59 Å². The molecule has 66 valence electrons. The zero-order valence-electron chi connectivity index (χ0n) is 6.65. The fourth-order valence-corrected chi connectivity index (χ4v) is 0.501. The Morgan fingerprint density at radius 1 is 1.33 bits per heavy atom. The van der Waals surface area contributed by atoms with Crippen molar-refractivity contribution in [2.45, 2.75) is 13.3 Å². The van der Waals surface area contributed by atoms with E-state index in [0.29, 0.717) is 6.42 Å². The van der Waals surface area contributed by atoms with Crippen LogP contribution in [-0.4, -0.2) is 22.2 Å². The van der Waals surface area contributed by atoms with Crippen LogP contribution < -0.4 is 0 Å². The zero-order chi connectivity index (χ0) is 9.56. The zero-order valence-corrected chi connectivity index (χ0v) is 6.65. The summed E-state index contributed by atoms with van der Waals surface area (Å²) in [4.78, 5) is 20.2. The van der Waals surface area contributed by atoms with E-state index in [1.54, 1.807) is 0 Å². The minimum absolute atomic E-state index is 0.213. The van der Waals surface area contributed by atoms with E-state index < -0.39 is 11.9 Å². The van der Waals surface area contributed by atoms with Crippen LogP contribution in [0.2, 0.25) is 0 Å². The van der Waals surface area contributed by atoms with Crippen LogP contribution in [0.1, 0.15) is 13.3 Å². The molecule has 0 spiro atoms. The molecule has 0 aromatic heterocycles. The van der Waals surface area contributed by atoms with Gasteiger partial charge in [0.2, 0.25) is 0 Å². The summed E-state index contributed by atoms with van der Waals surface area (Å²) >= 11 is 0. The lowest BCUT2D eigenvalue weighted by Crippen LogP contribution is -1.95. The van der Waals surface area contributed by atoms with Crippen LogP contribution >= 0.6 is 0 Å². The molecule has 0 heterocycles. The molecule has 0 aliphatic heterocycles. The van der Waals surface area contributed by atoms with Gasteiger partial charge in [-0.05, 0) is 13.3 Å². The molecule has 0 saturated carbocycles. The van der Waals surface area contributed by atoms with Crippen molar-refractivity contribution in [1.29, 1.82) is 0 Å². The number of hydrogen-bond donors (Lipinski definition) is 2. The van der Waals surface area contributed by atoms with Crippen molar-refractivity contribution in [3.63, 3.8) is 0 Å². The van der Waals surface area contributed by atoms with Gasteiger partial charge in [0.15, 0.2) is 0 Å². The Morgan fingerprint density at radius 3 is 2.33 bits per heavy atom. The molecular weight excluding hydrogens is 160 g/mol. The number of carboxylic acids is 2. The predicted octanol–water partition coefficient (Wildman–Crippen LogP) is 1.05. The van der Waals surface area contributed by atoms with Crippen LogP contribution in [0.4, 0.5) is 0 Å². The summed E-state index contributed by atoms with van der Waals surface area (Å²) in [6.07, 6.45) is 4.13. The van der Waals surface area contributed by atoms with Crippen molar-refractivity contribution in [2.75, 3.05) is 0 Å². The summed E-state index contributed by atoms with van der Waals surface area (Å²) in [5.74, 6) is -2.02. The molecule has 0 atom stereocenters. The summed E-state index contributed by atoms with van der Waals surface area (Å²) < 4.78 is 0. The van der Waals surface area contributed by atoms with Gasteiger partial charge in [0, 0.05) is 11.6 Å². The van der Waals surface area contributed by atoms with E-state index in [4.69, 9.17) is 10.2 Å². The summed E-state index contributed by atoms with van der Waals surface area (Å²) in [7, 11) is 0. The minimum atomic E-state index is -1.03. The van der Waals surface area contributed by atoms with E-state index in [1.807, 2.05) is 0 Å². The standard InChI is InChI=1S/C8H10O4/c1-6(8(11)12)4-2-3-5-7(9)10/h3-5H,2H2,1H3,(H,9,10)(H,11,12). The van der Waals surface area contributed by atoms with Gasteiger partial charge in [0.05, 0.1) is 0 Å². The second-order valence-electron chi connectivity index (χ2n) is 2.17. The highest BCUT2D eigenvalue weighted by Gasteiger charge is 1.96. The second kappa shape index (κ2) is 5.12. The third-order valence-electron chi connectivity index (χ3n) is 1.16. The van der Waals surface area contributed by atoms with Gasteiger partial charge in [-0.15, -0.1) is 0 Å². The molecule has 0 aromatic carbocycles. The lowest BCUT2D eigenvalue weighted by atomic mass is 10.2. The van der Waals surface area contributed by atoms with Crippen LogP contribution in [0, 0.1) is 0 Å². The van der Waals surface area contributed by atoms with Gasteiger partial charge in [-0.2, -0.15) is 0 Å². The summed E-state index contributed by atoms with van der Waals surface area (Å²) in [5, 5.41) is 16.5. The smallest absolute Gasteiger partial charge is 0.330 e. The third kappa shape index (κ3) is 5.22. The molecule has 0 amide bonds. The maximum Gasteiger partial charge on any atom is 0.330 e. The first-order chi connectivity index (χ1) is 5.54. The number of rotatable bonds is 4. The Hall–Kier alpha value is -1.58. The molecule has 2 N–H and O–H groups in total. The first kappa shape index (κ1) is 10.4. The van der Waals surface area contributed by atoms with Gasteiger partial charge in [-0.3, -0.25) is 0 Å². The highest BCUT2D eigenvalue weighted by Crippen LogP contribution is 1.95. The topological polar surface area (TPSA) is 74.6 Å². The van der Waals surface area contributed by atoms with Gasteiger partial charge >= 0.3 is 11.9 Å². The van der Waals surface area contributed by atoms with Crippen molar-refractivity contribution >= 4 is 11.9 Å². The molecule has 4 nitrogen and oxygen atoms in total. The van der Waals surface area contributed by atoms with E-state index in [0.717, 1.165) is 6.08 Å². The molecule has 0 saturated heterocycles. The minimum Gasteiger partial charge on any atom is -0.478 e. The van der Waals surface area contributed by atoms with Crippen LogP contribution in [-0.2, 0) is 9.59 Å². The van der Waals surface area contributed by atoms with Crippen molar-refractivity contribution in [1.82, 2.24) is 0 Å². The number of aliphatic carboxylic acids is 2. The highest BCUT2D eigenvalue weighted by molar-refractivity contribution is 5.85. The molecule has 0 aromatic rings. The Kier molecular flexibility index (Phi) is 4.45. The van der Waals surface area contributed by atoms with E-state index in [1.165, 1.54) is 19.1 Å². The van der Waals surface area contributed by atoms with Crippen molar-refractivity contribution in [2.24, 2.45) is 0 Å². The van der Waals surface area contributed by atoms with Crippen molar-refractivity contribution < 1.29 is 19.8 Å². The van der Waals surface area contributed by atoms with Crippen LogP contribution in [0.3, 0.4) is 0 Å². The number of hydrogen-bond acceptors (Lipinski definition) is 2. The Bertz CT molecular complexity index is 237. The maximum absolute atomic E-state index is 10.2. The van der Waals surface area contributed by atoms with Crippen LogP contribution in [0.5, 0.6) is 0 Å². The quantitative estimate of drug-likeness (QED) is 0.618. The first-order valence-corrected chi connectivity index (χ1v) is 3.33. The predicted molar refractivity (Wildman–Crippen MR) is 42.8 cm³/mol. The van der Waals surface area contributed by atoms with Gasteiger partial charge in [-0.25, -0.2) is 9.59 Å². The SMILES string of the molecule is CC(=CCC=CC(=O)O)C(=O)O. The first-order valence-electron chi connectivity index (χ1n) is 3.33.